The Morgan fingerprint density at radius 1 is 0.909 bits per heavy atom. The summed E-state index contributed by atoms with van der Waals surface area (Å²) < 4.78 is 46.5. The summed E-state index contributed by atoms with van der Waals surface area (Å²) in [5, 5.41) is 3.67. The fourth-order valence-electron chi connectivity index (χ4n) is 2.35. The van der Waals surface area contributed by atoms with E-state index in [1.807, 2.05) is 18.2 Å². The Balaban J connectivity index is 2.29. The molecule has 0 aromatic heterocycles. The number of anilines is 2. The van der Waals surface area contributed by atoms with Crippen LogP contribution in [0.15, 0.2) is 65.6 Å². The zero-order chi connectivity index (χ0) is 15.7. The molecule has 0 saturated carbocycles. The van der Waals surface area contributed by atoms with Crippen LogP contribution in [0.1, 0.15) is 0 Å². The van der Waals surface area contributed by atoms with Crippen LogP contribution in [0.4, 0.5) is 15.8 Å². The Morgan fingerprint density at radius 3 is 2.32 bits per heavy atom. The van der Waals surface area contributed by atoms with Gasteiger partial charge in [-0.3, -0.25) is 4.55 Å². The molecule has 0 aliphatic heterocycles. The van der Waals surface area contributed by atoms with Gasteiger partial charge in [-0.1, -0.05) is 36.4 Å². The Hall–Kier alpha value is -2.44. The lowest BCUT2D eigenvalue weighted by molar-refractivity contribution is 0.475. The SMILES string of the molecule is O=S(=O)(O)c1c(F)ccc2cccc(Nc3ccccc3)c12. The molecule has 0 amide bonds. The van der Waals surface area contributed by atoms with E-state index < -0.39 is 20.8 Å². The number of nitrogens with one attached hydrogen (secondary N) is 1. The summed E-state index contributed by atoms with van der Waals surface area (Å²) in [4.78, 5) is -0.718. The van der Waals surface area contributed by atoms with E-state index in [1.54, 1.807) is 30.3 Å². The molecule has 3 aromatic carbocycles. The van der Waals surface area contributed by atoms with Crippen molar-refractivity contribution in [3.05, 3.63) is 66.5 Å². The second-order valence-electron chi connectivity index (χ2n) is 4.75. The zero-order valence-electron chi connectivity index (χ0n) is 11.3. The third-order valence-electron chi connectivity index (χ3n) is 3.26. The molecule has 3 rings (SSSR count). The molecule has 0 aliphatic carbocycles. The fourth-order valence-corrected chi connectivity index (χ4v) is 3.15. The van der Waals surface area contributed by atoms with Gasteiger partial charge in [0.25, 0.3) is 10.1 Å². The molecule has 0 bridgehead atoms. The van der Waals surface area contributed by atoms with Crippen molar-refractivity contribution in [2.75, 3.05) is 5.32 Å². The van der Waals surface area contributed by atoms with Gasteiger partial charge in [-0.05, 0) is 29.7 Å². The van der Waals surface area contributed by atoms with E-state index in [0.29, 0.717) is 11.1 Å². The van der Waals surface area contributed by atoms with E-state index in [4.69, 9.17) is 0 Å². The summed E-state index contributed by atoms with van der Waals surface area (Å²) >= 11 is 0. The minimum absolute atomic E-state index is 0.119. The first kappa shape index (κ1) is 14.5. The van der Waals surface area contributed by atoms with Gasteiger partial charge in [0.1, 0.15) is 10.7 Å². The standard InChI is InChI=1S/C16H12FNO3S/c17-13-10-9-11-5-4-8-14(15(11)16(13)22(19,20)21)18-12-6-2-1-3-7-12/h1-10,18H,(H,19,20,21). The maximum Gasteiger partial charge on any atom is 0.298 e. The average Bonchev–Trinajstić information content (AvgIpc) is 2.47. The Labute approximate surface area is 127 Å². The zero-order valence-corrected chi connectivity index (χ0v) is 12.1. The van der Waals surface area contributed by atoms with Crippen LogP contribution in [-0.4, -0.2) is 13.0 Å². The molecular weight excluding hydrogens is 305 g/mol. The smallest absolute Gasteiger partial charge is 0.298 e. The largest absolute Gasteiger partial charge is 0.355 e. The molecule has 0 aliphatic rings. The van der Waals surface area contributed by atoms with Gasteiger partial charge < -0.3 is 5.32 Å². The number of para-hydroxylation sites is 1. The van der Waals surface area contributed by atoms with Crippen LogP contribution in [0.25, 0.3) is 10.8 Å². The van der Waals surface area contributed by atoms with Gasteiger partial charge >= 0.3 is 0 Å². The lowest BCUT2D eigenvalue weighted by Crippen LogP contribution is -2.04. The molecule has 22 heavy (non-hydrogen) atoms. The lowest BCUT2D eigenvalue weighted by Gasteiger charge is -2.13. The Kier molecular flexibility index (Phi) is 3.56. The number of halogens is 1. The molecule has 4 nitrogen and oxygen atoms in total. The topological polar surface area (TPSA) is 66.4 Å². The maximum absolute atomic E-state index is 14.0. The molecule has 0 fully saturated rings. The van der Waals surface area contributed by atoms with Crippen molar-refractivity contribution in [1.29, 1.82) is 0 Å². The van der Waals surface area contributed by atoms with Crippen molar-refractivity contribution in [2.45, 2.75) is 4.90 Å². The van der Waals surface area contributed by atoms with Crippen molar-refractivity contribution >= 4 is 32.3 Å². The highest BCUT2D eigenvalue weighted by molar-refractivity contribution is 7.86. The quantitative estimate of drug-likeness (QED) is 0.717. The molecule has 0 heterocycles. The summed E-state index contributed by atoms with van der Waals surface area (Å²) in [6.45, 7) is 0. The van der Waals surface area contributed by atoms with E-state index in [9.17, 15) is 17.4 Å². The second kappa shape index (κ2) is 5.40. The maximum atomic E-state index is 14.0. The summed E-state index contributed by atoms with van der Waals surface area (Å²) in [6, 6.07) is 16.6. The summed E-state index contributed by atoms with van der Waals surface area (Å²) in [5.41, 5.74) is 1.12. The minimum atomic E-state index is -4.69. The van der Waals surface area contributed by atoms with Crippen molar-refractivity contribution in [1.82, 2.24) is 0 Å². The number of fused-ring (bicyclic) bond motifs is 1. The molecule has 0 radical (unpaired) electrons. The van der Waals surface area contributed by atoms with E-state index in [1.165, 1.54) is 6.07 Å². The highest BCUT2D eigenvalue weighted by Gasteiger charge is 2.22. The highest BCUT2D eigenvalue weighted by atomic mass is 32.2. The number of hydrogen-bond acceptors (Lipinski definition) is 3. The van der Waals surface area contributed by atoms with Crippen LogP contribution < -0.4 is 5.32 Å². The molecule has 0 atom stereocenters. The van der Waals surface area contributed by atoms with Gasteiger partial charge in [-0.25, -0.2) is 4.39 Å². The summed E-state index contributed by atoms with van der Waals surface area (Å²) in [6.07, 6.45) is 0. The van der Waals surface area contributed by atoms with Gasteiger partial charge in [0.15, 0.2) is 0 Å². The van der Waals surface area contributed by atoms with E-state index in [0.717, 1.165) is 11.8 Å². The molecule has 0 unspecified atom stereocenters. The number of hydrogen-bond donors (Lipinski definition) is 2. The highest BCUT2D eigenvalue weighted by Crippen LogP contribution is 2.33. The van der Waals surface area contributed by atoms with Crippen molar-refractivity contribution in [2.24, 2.45) is 0 Å². The average molecular weight is 317 g/mol. The number of rotatable bonds is 3. The predicted molar refractivity (Wildman–Crippen MR) is 83.4 cm³/mol. The third kappa shape index (κ3) is 2.66. The van der Waals surface area contributed by atoms with Crippen molar-refractivity contribution < 1.29 is 17.4 Å². The normalized spacial score (nSPS) is 11.5. The molecular formula is C16H12FNO3S. The lowest BCUT2D eigenvalue weighted by atomic mass is 10.1. The predicted octanol–water partition coefficient (Wildman–Crippen LogP) is 3.97. The first-order valence-corrected chi connectivity index (χ1v) is 7.91. The van der Waals surface area contributed by atoms with Crippen molar-refractivity contribution in [3.63, 3.8) is 0 Å². The van der Waals surface area contributed by atoms with Crippen LogP contribution >= 0.6 is 0 Å². The first-order valence-electron chi connectivity index (χ1n) is 6.47. The second-order valence-corrected chi connectivity index (χ2v) is 6.10. The molecule has 0 saturated heterocycles. The number of benzene rings is 3. The monoisotopic (exact) mass is 317 g/mol. The Bertz CT molecular complexity index is 940. The molecule has 2 N–H and O–H groups in total. The van der Waals surface area contributed by atoms with Crippen LogP contribution in [0.3, 0.4) is 0 Å². The molecule has 6 heteroatoms. The van der Waals surface area contributed by atoms with Gasteiger partial charge in [-0.2, -0.15) is 8.42 Å². The summed E-state index contributed by atoms with van der Waals surface area (Å²) in [7, 11) is -4.69. The molecule has 3 aromatic rings. The van der Waals surface area contributed by atoms with Gasteiger partial charge in [0, 0.05) is 16.8 Å². The van der Waals surface area contributed by atoms with Crippen molar-refractivity contribution in [3.8, 4) is 0 Å². The van der Waals surface area contributed by atoms with Gasteiger partial charge in [0.2, 0.25) is 0 Å². The fraction of sp³-hybridized carbons (Fsp3) is 0. The molecule has 112 valence electrons. The Morgan fingerprint density at radius 2 is 1.64 bits per heavy atom. The van der Waals surface area contributed by atoms with Crippen LogP contribution in [-0.2, 0) is 10.1 Å². The van der Waals surface area contributed by atoms with Gasteiger partial charge in [0.05, 0.1) is 0 Å². The minimum Gasteiger partial charge on any atom is -0.355 e. The van der Waals surface area contributed by atoms with E-state index in [-0.39, 0.29) is 5.39 Å². The van der Waals surface area contributed by atoms with E-state index in [2.05, 4.69) is 5.32 Å². The first-order chi connectivity index (χ1) is 10.5. The van der Waals surface area contributed by atoms with Crippen LogP contribution in [0.2, 0.25) is 0 Å². The van der Waals surface area contributed by atoms with E-state index >= 15 is 0 Å². The van der Waals surface area contributed by atoms with Crippen LogP contribution in [0, 0.1) is 5.82 Å². The summed E-state index contributed by atoms with van der Waals surface area (Å²) in [5.74, 6) is -0.989. The van der Waals surface area contributed by atoms with Crippen LogP contribution in [0.5, 0.6) is 0 Å². The van der Waals surface area contributed by atoms with Gasteiger partial charge in [-0.15, -0.1) is 0 Å². The molecule has 0 spiro atoms. The third-order valence-corrected chi connectivity index (χ3v) is 4.18.